The van der Waals surface area contributed by atoms with Crippen LogP contribution in [0.15, 0.2) is 29.3 Å². The Kier molecular flexibility index (Phi) is 5.98. The number of benzene rings is 1. The normalized spacial score (nSPS) is 18.2. The van der Waals surface area contributed by atoms with Crippen LogP contribution in [0.5, 0.6) is 11.5 Å². The first-order valence-electron chi connectivity index (χ1n) is 9.13. The number of allylic oxidation sites excluding steroid dienone is 1. The van der Waals surface area contributed by atoms with Gasteiger partial charge in [-0.3, -0.25) is 19.3 Å². The maximum atomic E-state index is 12.5. The lowest BCUT2D eigenvalue weighted by molar-refractivity contribution is -0.129. The number of nitrogens with zero attached hydrogens (tertiary/aromatic N) is 1. The number of thioether (sulfide) groups is 1. The first kappa shape index (κ1) is 20.3. The van der Waals surface area contributed by atoms with Crippen LogP contribution in [0.1, 0.15) is 27.2 Å². The number of anilines is 1. The predicted molar refractivity (Wildman–Crippen MR) is 107 cm³/mol. The van der Waals surface area contributed by atoms with Crippen LogP contribution in [0.2, 0.25) is 0 Å². The molecule has 150 valence electrons. The zero-order valence-corrected chi connectivity index (χ0v) is 17.1. The van der Waals surface area contributed by atoms with E-state index in [1.54, 1.807) is 18.2 Å². The van der Waals surface area contributed by atoms with Gasteiger partial charge in [0.1, 0.15) is 6.54 Å². The summed E-state index contributed by atoms with van der Waals surface area (Å²) in [6.07, 6.45) is 2.25. The second-order valence-electron chi connectivity index (χ2n) is 7.63. The van der Waals surface area contributed by atoms with Crippen molar-refractivity contribution < 1.29 is 23.9 Å². The molecule has 1 aromatic carbocycles. The molecule has 1 saturated heterocycles. The molecule has 0 saturated carbocycles. The highest BCUT2D eigenvalue weighted by Gasteiger charge is 2.30. The van der Waals surface area contributed by atoms with Crippen molar-refractivity contribution in [1.29, 1.82) is 0 Å². The number of ether oxygens (including phenoxy) is 2. The molecule has 2 heterocycles. The van der Waals surface area contributed by atoms with E-state index in [1.165, 1.54) is 22.7 Å². The molecular formula is C20H24N2O5S. The molecule has 0 aromatic heterocycles. The van der Waals surface area contributed by atoms with Gasteiger partial charge in [-0.2, -0.15) is 0 Å². The summed E-state index contributed by atoms with van der Waals surface area (Å²) in [5, 5.41) is 3.29. The molecule has 0 spiro atoms. The van der Waals surface area contributed by atoms with E-state index in [1.807, 2.05) is 20.8 Å². The standard InChI is InChI=1S/C20H24N2O5S/c1-20(2,3)16(23)10-19-22(18(25)12-28-19)11-17(24)21-13-5-6-14-15(9-13)27-8-4-7-26-14/h5-6,9-10H,4,7-8,11-12H2,1-3H3,(H,21,24)/b19-10+. The molecule has 0 unspecified atom stereocenters. The predicted octanol–water partition coefficient (Wildman–Crippen LogP) is 2.82. The zero-order chi connectivity index (χ0) is 20.3. The van der Waals surface area contributed by atoms with Gasteiger partial charge in [-0.1, -0.05) is 32.5 Å². The van der Waals surface area contributed by atoms with E-state index in [4.69, 9.17) is 9.47 Å². The summed E-state index contributed by atoms with van der Waals surface area (Å²) in [6, 6.07) is 5.19. The molecule has 3 rings (SSSR count). The lowest BCUT2D eigenvalue weighted by Gasteiger charge is -2.19. The molecular weight excluding hydrogens is 380 g/mol. The number of carbonyl (C=O) groups is 3. The van der Waals surface area contributed by atoms with E-state index in [9.17, 15) is 14.4 Å². The van der Waals surface area contributed by atoms with Crippen LogP contribution >= 0.6 is 11.8 Å². The third-order valence-electron chi connectivity index (χ3n) is 4.24. The Labute approximate surface area is 168 Å². The van der Waals surface area contributed by atoms with E-state index in [0.29, 0.717) is 35.4 Å². The number of ketones is 1. The van der Waals surface area contributed by atoms with Gasteiger partial charge in [0.25, 0.3) is 0 Å². The van der Waals surface area contributed by atoms with Crippen molar-refractivity contribution in [3.8, 4) is 11.5 Å². The Balaban J connectivity index is 1.68. The van der Waals surface area contributed by atoms with Gasteiger partial charge in [0.2, 0.25) is 11.8 Å². The van der Waals surface area contributed by atoms with Gasteiger partial charge in [-0.15, -0.1) is 0 Å². The van der Waals surface area contributed by atoms with Crippen LogP contribution in [0.25, 0.3) is 0 Å². The molecule has 0 atom stereocenters. The van der Waals surface area contributed by atoms with Crippen LogP contribution in [-0.2, 0) is 14.4 Å². The highest BCUT2D eigenvalue weighted by molar-refractivity contribution is 8.04. The maximum Gasteiger partial charge on any atom is 0.244 e. The van der Waals surface area contributed by atoms with Crippen LogP contribution in [0, 0.1) is 5.41 Å². The van der Waals surface area contributed by atoms with Crippen molar-refractivity contribution in [2.45, 2.75) is 27.2 Å². The number of carbonyl (C=O) groups excluding carboxylic acids is 3. The van der Waals surface area contributed by atoms with Crippen molar-refractivity contribution in [3.63, 3.8) is 0 Å². The third-order valence-corrected chi connectivity index (χ3v) is 5.26. The van der Waals surface area contributed by atoms with Gasteiger partial charge in [0, 0.05) is 29.7 Å². The maximum absolute atomic E-state index is 12.5. The van der Waals surface area contributed by atoms with Crippen molar-refractivity contribution >= 4 is 35.0 Å². The molecule has 0 radical (unpaired) electrons. The molecule has 1 fully saturated rings. The monoisotopic (exact) mass is 404 g/mol. The Morgan fingerprint density at radius 1 is 1.21 bits per heavy atom. The van der Waals surface area contributed by atoms with Gasteiger partial charge in [-0.25, -0.2) is 0 Å². The van der Waals surface area contributed by atoms with E-state index < -0.39 is 5.41 Å². The van der Waals surface area contributed by atoms with Crippen molar-refractivity contribution in [3.05, 3.63) is 29.3 Å². The van der Waals surface area contributed by atoms with Gasteiger partial charge in [-0.05, 0) is 12.1 Å². The molecule has 7 nitrogen and oxygen atoms in total. The minimum atomic E-state index is -0.545. The summed E-state index contributed by atoms with van der Waals surface area (Å²) < 4.78 is 11.2. The lowest BCUT2D eigenvalue weighted by Crippen LogP contribution is -2.34. The van der Waals surface area contributed by atoms with Gasteiger partial charge >= 0.3 is 0 Å². The summed E-state index contributed by atoms with van der Waals surface area (Å²) in [4.78, 5) is 38.3. The highest BCUT2D eigenvalue weighted by atomic mass is 32.2. The Bertz CT molecular complexity index is 828. The summed E-state index contributed by atoms with van der Waals surface area (Å²) in [5.74, 6) is 0.830. The molecule has 1 N–H and O–H groups in total. The number of rotatable bonds is 4. The molecule has 2 aliphatic rings. The van der Waals surface area contributed by atoms with E-state index in [0.717, 1.165) is 6.42 Å². The fourth-order valence-electron chi connectivity index (χ4n) is 2.61. The van der Waals surface area contributed by atoms with Crippen LogP contribution in [0.4, 0.5) is 5.69 Å². The first-order valence-corrected chi connectivity index (χ1v) is 10.1. The summed E-state index contributed by atoms with van der Waals surface area (Å²) in [5.41, 5.74) is 0.0154. The number of fused-ring (bicyclic) bond motifs is 1. The molecule has 1 aromatic rings. The smallest absolute Gasteiger partial charge is 0.244 e. The molecule has 0 bridgehead atoms. The zero-order valence-electron chi connectivity index (χ0n) is 16.2. The molecule has 8 heteroatoms. The second-order valence-corrected chi connectivity index (χ2v) is 8.62. The van der Waals surface area contributed by atoms with Crippen LogP contribution < -0.4 is 14.8 Å². The number of amides is 2. The highest BCUT2D eigenvalue weighted by Crippen LogP contribution is 2.33. The van der Waals surface area contributed by atoms with Gasteiger partial charge in [0.05, 0.1) is 24.0 Å². The van der Waals surface area contributed by atoms with E-state index in [-0.39, 0.29) is 29.9 Å². The lowest BCUT2D eigenvalue weighted by atomic mass is 9.91. The molecule has 2 amide bonds. The van der Waals surface area contributed by atoms with Crippen molar-refractivity contribution in [2.75, 3.05) is 30.8 Å². The summed E-state index contributed by atoms with van der Waals surface area (Å²) in [7, 11) is 0. The number of hydrogen-bond acceptors (Lipinski definition) is 6. The molecule has 28 heavy (non-hydrogen) atoms. The third kappa shape index (κ3) is 4.86. The summed E-state index contributed by atoms with van der Waals surface area (Å²) in [6.45, 7) is 6.44. The van der Waals surface area contributed by atoms with Crippen molar-refractivity contribution in [1.82, 2.24) is 4.90 Å². The van der Waals surface area contributed by atoms with Crippen LogP contribution in [-0.4, -0.2) is 48.0 Å². The minimum Gasteiger partial charge on any atom is -0.490 e. The average molecular weight is 404 g/mol. The fourth-order valence-corrected chi connectivity index (χ4v) is 3.55. The number of nitrogens with one attached hydrogen (secondary N) is 1. The SMILES string of the molecule is CC(C)(C)C(=O)/C=C1/SCC(=O)N1CC(=O)Nc1ccc2c(c1)OCCCO2. The summed E-state index contributed by atoms with van der Waals surface area (Å²) >= 11 is 1.27. The quantitative estimate of drug-likeness (QED) is 0.777. The van der Waals surface area contributed by atoms with E-state index >= 15 is 0 Å². The van der Waals surface area contributed by atoms with Crippen LogP contribution in [0.3, 0.4) is 0 Å². The van der Waals surface area contributed by atoms with Gasteiger partial charge < -0.3 is 14.8 Å². The Hall–Kier alpha value is -2.48. The minimum absolute atomic E-state index is 0.0852. The first-order chi connectivity index (χ1) is 13.2. The molecule has 0 aliphatic carbocycles. The topological polar surface area (TPSA) is 84.9 Å². The number of hydrogen-bond donors (Lipinski definition) is 1. The Morgan fingerprint density at radius 3 is 2.64 bits per heavy atom. The van der Waals surface area contributed by atoms with Gasteiger partial charge in [0.15, 0.2) is 17.3 Å². The molecule has 2 aliphatic heterocycles. The average Bonchev–Trinajstić information content (AvgIpc) is 2.83. The van der Waals surface area contributed by atoms with E-state index in [2.05, 4.69) is 5.32 Å². The largest absolute Gasteiger partial charge is 0.490 e. The van der Waals surface area contributed by atoms with Crippen molar-refractivity contribution in [2.24, 2.45) is 5.41 Å². The second kappa shape index (κ2) is 8.26. The Morgan fingerprint density at radius 2 is 1.93 bits per heavy atom. The fraction of sp³-hybridized carbons (Fsp3) is 0.450.